The topological polar surface area (TPSA) is 134 Å². The summed E-state index contributed by atoms with van der Waals surface area (Å²) in [7, 11) is -2.15. The molecule has 1 aliphatic carbocycles. The lowest BCUT2D eigenvalue weighted by atomic mass is 9.98. The zero-order valence-corrected chi connectivity index (χ0v) is 21.5. The number of hydrogen-bond acceptors (Lipinski definition) is 7. The van der Waals surface area contributed by atoms with Crippen LogP contribution in [0.4, 0.5) is 17.1 Å². The van der Waals surface area contributed by atoms with Crippen molar-refractivity contribution in [2.24, 2.45) is 4.99 Å². The van der Waals surface area contributed by atoms with Crippen molar-refractivity contribution < 1.29 is 23.1 Å². The number of aliphatic hydroxyl groups excluding tert-OH is 1. The fourth-order valence-corrected chi connectivity index (χ4v) is 4.94. The Balaban J connectivity index is 1.74. The lowest BCUT2D eigenvalue weighted by Crippen LogP contribution is -2.34. The molecule has 4 rings (SSSR count). The third-order valence-corrected chi connectivity index (χ3v) is 7.12. The van der Waals surface area contributed by atoms with Gasteiger partial charge in [0.25, 0.3) is 5.91 Å². The van der Waals surface area contributed by atoms with Crippen molar-refractivity contribution in [2.45, 2.75) is 18.8 Å². The van der Waals surface area contributed by atoms with Crippen molar-refractivity contribution in [3.05, 3.63) is 77.9 Å². The third kappa shape index (κ3) is 6.28. The van der Waals surface area contributed by atoms with Gasteiger partial charge < -0.3 is 20.9 Å². The van der Waals surface area contributed by atoms with Crippen molar-refractivity contribution in [1.29, 1.82) is 0 Å². The standard InChI is InChI=1S/C27H30N4O5S/c1-29-27(33)26(30-19-10-12-21(13-11-19)36-20-6-4-3-5-7-20)23-16-22(18-8-9-18)25(17-24(23)28)31(14-15-32)37(2,34)35/h3-7,10-13,16-18,32H,8-9,14-15,28H2,1-2H3,(H,29,33). The van der Waals surface area contributed by atoms with Crippen molar-refractivity contribution in [3.63, 3.8) is 0 Å². The fourth-order valence-electron chi connectivity index (χ4n) is 4.01. The minimum atomic E-state index is -3.66. The highest BCUT2D eigenvalue weighted by molar-refractivity contribution is 7.92. The molecule has 0 radical (unpaired) electrons. The van der Waals surface area contributed by atoms with Gasteiger partial charge in [0, 0.05) is 18.3 Å². The summed E-state index contributed by atoms with van der Waals surface area (Å²) in [4.78, 5) is 17.5. The summed E-state index contributed by atoms with van der Waals surface area (Å²) in [5.41, 5.74) is 8.80. The number of hydrogen-bond donors (Lipinski definition) is 3. The molecule has 0 atom stereocenters. The van der Waals surface area contributed by atoms with E-state index < -0.39 is 15.9 Å². The zero-order chi connectivity index (χ0) is 26.6. The maximum Gasteiger partial charge on any atom is 0.270 e. The molecule has 1 saturated carbocycles. The first kappa shape index (κ1) is 26.2. The van der Waals surface area contributed by atoms with E-state index in [1.54, 1.807) is 36.4 Å². The van der Waals surface area contributed by atoms with Crippen LogP contribution in [0.3, 0.4) is 0 Å². The van der Waals surface area contributed by atoms with Gasteiger partial charge in [0.1, 0.15) is 17.2 Å². The lowest BCUT2D eigenvalue weighted by molar-refractivity contribution is -0.114. The molecule has 4 N–H and O–H groups in total. The van der Waals surface area contributed by atoms with Gasteiger partial charge in [-0.05, 0) is 72.9 Å². The highest BCUT2D eigenvalue weighted by atomic mass is 32.2. The largest absolute Gasteiger partial charge is 0.457 e. The van der Waals surface area contributed by atoms with E-state index in [2.05, 4.69) is 10.3 Å². The van der Waals surface area contributed by atoms with E-state index in [0.29, 0.717) is 28.4 Å². The number of nitrogens with one attached hydrogen (secondary N) is 1. The number of benzene rings is 3. The number of nitrogen functional groups attached to an aromatic ring is 1. The van der Waals surface area contributed by atoms with Gasteiger partial charge in [-0.1, -0.05) is 18.2 Å². The van der Waals surface area contributed by atoms with Crippen molar-refractivity contribution >= 4 is 38.7 Å². The molecule has 0 bridgehead atoms. The van der Waals surface area contributed by atoms with E-state index in [0.717, 1.165) is 29.0 Å². The van der Waals surface area contributed by atoms with Crippen LogP contribution in [-0.4, -0.2) is 51.6 Å². The average Bonchev–Trinajstić information content (AvgIpc) is 3.72. The Labute approximate surface area is 216 Å². The summed E-state index contributed by atoms with van der Waals surface area (Å²) in [5.74, 6) is 1.03. The normalized spacial score (nSPS) is 13.8. The highest BCUT2D eigenvalue weighted by Gasteiger charge is 2.32. The van der Waals surface area contributed by atoms with Crippen LogP contribution in [0, 0.1) is 0 Å². The van der Waals surface area contributed by atoms with Gasteiger partial charge in [-0.15, -0.1) is 0 Å². The molecule has 1 aliphatic rings. The number of ether oxygens (including phenoxy) is 1. The number of nitrogens with zero attached hydrogens (tertiary/aromatic N) is 2. The minimum absolute atomic E-state index is 0.0921. The van der Waals surface area contributed by atoms with E-state index >= 15 is 0 Å². The number of aliphatic hydroxyl groups is 1. The van der Waals surface area contributed by atoms with Crippen LogP contribution in [0.2, 0.25) is 0 Å². The van der Waals surface area contributed by atoms with Crippen molar-refractivity contribution in [1.82, 2.24) is 5.32 Å². The van der Waals surface area contributed by atoms with Crippen LogP contribution in [0.15, 0.2) is 71.7 Å². The highest BCUT2D eigenvalue weighted by Crippen LogP contribution is 2.46. The molecule has 9 nitrogen and oxygen atoms in total. The summed E-state index contributed by atoms with van der Waals surface area (Å²) >= 11 is 0. The van der Waals surface area contributed by atoms with E-state index in [-0.39, 0.29) is 30.5 Å². The molecule has 0 aromatic heterocycles. The lowest BCUT2D eigenvalue weighted by Gasteiger charge is -2.25. The Hall–Kier alpha value is -3.89. The number of carbonyl (C=O) groups is 1. The summed E-state index contributed by atoms with van der Waals surface area (Å²) in [6.07, 6.45) is 2.87. The Bertz CT molecular complexity index is 1400. The molecule has 0 saturated heterocycles. The molecule has 0 aliphatic heterocycles. The Kier molecular flexibility index (Phi) is 7.80. The number of para-hydroxylation sites is 1. The maximum absolute atomic E-state index is 12.9. The second-order valence-electron chi connectivity index (χ2n) is 8.78. The summed E-state index contributed by atoms with van der Waals surface area (Å²) in [6.45, 7) is -0.432. The number of anilines is 2. The molecule has 37 heavy (non-hydrogen) atoms. The predicted octanol–water partition coefficient (Wildman–Crippen LogP) is 3.56. The van der Waals surface area contributed by atoms with Crippen LogP contribution in [0.25, 0.3) is 0 Å². The number of rotatable bonds is 10. The fraction of sp³-hybridized carbons (Fsp3) is 0.259. The molecular formula is C27H30N4O5S. The van der Waals surface area contributed by atoms with Crippen molar-refractivity contribution in [2.75, 3.05) is 36.5 Å². The number of nitrogens with two attached hydrogens (primary N) is 1. The van der Waals surface area contributed by atoms with Crippen LogP contribution in [-0.2, 0) is 14.8 Å². The van der Waals surface area contributed by atoms with E-state index in [9.17, 15) is 18.3 Å². The number of sulfonamides is 1. The molecule has 0 heterocycles. The molecule has 0 unspecified atom stereocenters. The van der Waals surface area contributed by atoms with Gasteiger partial charge >= 0.3 is 0 Å². The SMILES string of the molecule is CNC(=O)C(=Nc1ccc(Oc2ccccc2)cc1)c1cc(C2CC2)c(N(CCO)S(C)(=O)=O)cc1N. The smallest absolute Gasteiger partial charge is 0.270 e. The molecule has 3 aromatic rings. The van der Waals surface area contributed by atoms with E-state index in [1.807, 2.05) is 30.3 Å². The van der Waals surface area contributed by atoms with Gasteiger partial charge in [-0.2, -0.15) is 0 Å². The first-order valence-electron chi connectivity index (χ1n) is 11.9. The molecule has 1 fully saturated rings. The van der Waals surface area contributed by atoms with Crippen LogP contribution in [0.1, 0.15) is 29.9 Å². The monoisotopic (exact) mass is 522 g/mol. The van der Waals surface area contributed by atoms with E-state index in [4.69, 9.17) is 10.5 Å². The quantitative estimate of drug-likeness (QED) is 0.275. The van der Waals surface area contributed by atoms with Gasteiger partial charge in [0.15, 0.2) is 0 Å². The Morgan fingerprint density at radius 3 is 2.32 bits per heavy atom. The summed E-state index contributed by atoms with van der Waals surface area (Å²) < 4.78 is 31.9. The Morgan fingerprint density at radius 1 is 1.11 bits per heavy atom. The second kappa shape index (κ2) is 11.0. The number of amides is 1. The Morgan fingerprint density at radius 2 is 1.76 bits per heavy atom. The third-order valence-electron chi connectivity index (χ3n) is 5.94. The first-order valence-corrected chi connectivity index (χ1v) is 13.7. The van der Waals surface area contributed by atoms with Gasteiger partial charge in [0.2, 0.25) is 10.0 Å². The van der Waals surface area contributed by atoms with Gasteiger partial charge in [-0.3, -0.25) is 9.10 Å². The van der Waals surface area contributed by atoms with Gasteiger partial charge in [-0.25, -0.2) is 13.4 Å². The first-order chi connectivity index (χ1) is 17.7. The minimum Gasteiger partial charge on any atom is -0.457 e. The number of carbonyl (C=O) groups excluding carboxylic acids is 1. The summed E-state index contributed by atoms with van der Waals surface area (Å²) in [6, 6.07) is 19.7. The van der Waals surface area contributed by atoms with Crippen LogP contribution < -0.4 is 20.1 Å². The van der Waals surface area contributed by atoms with Crippen LogP contribution in [0.5, 0.6) is 11.5 Å². The molecule has 0 spiro atoms. The molecule has 3 aromatic carbocycles. The number of likely N-dealkylation sites (N-methyl/N-ethyl adjacent to an activating group) is 1. The molecular weight excluding hydrogens is 492 g/mol. The molecule has 10 heteroatoms. The second-order valence-corrected chi connectivity index (χ2v) is 10.7. The van der Waals surface area contributed by atoms with Crippen LogP contribution >= 0.6 is 0 Å². The van der Waals surface area contributed by atoms with Crippen molar-refractivity contribution in [3.8, 4) is 11.5 Å². The predicted molar refractivity (Wildman–Crippen MR) is 145 cm³/mol. The summed E-state index contributed by atoms with van der Waals surface area (Å²) in [5, 5.41) is 12.1. The maximum atomic E-state index is 12.9. The van der Waals surface area contributed by atoms with E-state index in [1.165, 1.54) is 7.05 Å². The number of aliphatic imine (C=N–C) groups is 1. The van der Waals surface area contributed by atoms with Gasteiger partial charge in [0.05, 0.1) is 30.8 Å². The average molecular weight is 523 g/mol. The molecule has 194 valence electrons. The molecule has 1 amide bonds. The zero-order valence-electron chi connectivity index (χ0n) is 20.7.